The third kappa shape index (κ3) is 2.64. The van der Waals surface area contributed by atoms with Gasteiger partial charge in [-0.2, -0.15) is 0 Å². The number of aromatic nitrogens is 1. The first-order valence-corrected chi connectivity index (χ1v) is 7.23. The Hall–Kier alpha value is -1.59. The van der Waals surface area contributed by atoms with Crippen molar-refractivity contribution in [3.63, 3.8) is 0 Å². The zero-order chi connectivity index (χ0) is 13.9. The highest BCUT2D eigenvalue weighted by Gasteiger charge is 2.13. The predicted octanol–water partition coefficient (Wildman–Crippen LogP) is 1.57. The topological polar surface area (TPSA) is 58.6 Å². The van der Waals surface area contributed by atoms with Crippen molar-refractivity contribution >= 4 is 11.1 Å². The van der Waals surface area contributed by atoms with Crippen LogP contribution in [0.2, 0.25) is 0 Å². The number of aliphatic hydroxyl groups excluding tert-OH is 1. The van der Waals surface area contributed by atoms with Gasteiger partial charge in [0, 0.05) is 13.1 Å². The van der Waals surface area contributed by atoms with Crippen LogP contribution in [0.3, 0.4) is 0 Å². The quantitative estimate of drug-likeness (QED) is 0.921. The zero-order valence-corrected chi connectivity index (χ0v) is 11.5. The Balaban J connectivity index is 1.80. The van der Waals surface area contributed by atoms with Gasteiger partial charge in [-0.25, -0.2) is 4.79 Å². The molecule has 5 heteroatoms. The minimum absolute atomic E-state index is 0.0430. The number of hydrogen-bond donors (Lipinski definition) is 1. The standard InChI is InChI=1S/C15H20N2O3/c18-11-12-4-5-13-14(10-12)20-15(19)17(13)9-8-16-6-2-1-3-7-16/h4-5,10,18H,1-3,6-9,11H2. The smallest absolute Gasteiger partial charge is 0.408 e. The molecular weight excluding hydrogens is 256 g/mol. The second-order valence-electron chi connectivity index (χ2n) is 5.38. The van der Waals surface area contributed by atoms with Crippen LogP contribution in [0.1, 0.15) is 24.8 Å². The first-order valence-electron chi connectivity index (χ1n) is 7.23. The molecule has 1 aromatic heterocycles. The van der Waals surface area contributed by atoms with Crippen LogP contribution in [0, 0.1) is 0 Å². The maximum absolute atomic E-state index is 11.9. The highest BCUT2D eigenvalue weighted by molar-refractivity contribution is 5.73. The fraction of sp³-hybridized carbons (Fsp3) is 0.533. The number of likely N-dealkylation sites (tertiary alicyclic amines) is 1. The Labute approximate surface area is 117 Å². The van der Waals surface area contributed by atoms with Gasteiger partial charge in [0.2, 0.25) is 0 Å². The molecule has 1 fully saturated rings. The highest BCUT2D eigenvalue weighted by Crippen LogP contribution is 2.16. The molecule has 1 N–H and O–H groups in total. The molecule has 0 amide bonds. The third-order valence-corrected chi connectivity index (χ3v) is 4.00. The van der Waals surface area contributed by atoms with Gasteiger partial charge in [-0.3, -0.25) is 4.57 Å². The fourth-order valence-corrected chi connectivity index (χ4v) is 2.85. The number of nitrogens with zero attached hydrogens (tertiary/aromatic N) is 2. The van der Waals surface area contributed by atoms with E-state index in [1.54, 1.807) is 10.6 Å². The minimum atomic E-state index is -0.313. The molecule has 0 saturated carbocycles. The van der Waals surface area contributed by atoms with Crippen molar-refractivity contribution in [1.82, 2.24) is 9.47 Å². The first kappa shape index (κ1) is 13.4. The van der Waals surface area contributed by atoms with Crippen LogP contribution < -0.4 is 5.76 Å². The molecule has 0 spiro atoms. The van der Waals surface area contributed by atoms with E-state index in [4.69, 9.17) is 9.52 Å². The summed E-state index contributed by atoms with van der Waals surface area (Å²) in [6.07, 6.45) is 3.82. The van der Waals surface area contributed by atoms with Crippen molar-refractivity contribution in [2.24, 2.45) is 0 Å². The zero-order valence-electron chi connectivity index (χ0n) is 11.5. The molecule has 0 atom stereocenters. The molecule has 0 radical (unpaired) electrons. The lowest BCUT2D eigenvalue weighted by molar-refractivity contribution is 0.219. The van der Waals surface area contributed by atoms with Gasteiger partial charge < -0.3 is 14.4 Å². The van der Waals surface area contributed by atoms with Crippen LogP contribution in [-0.2, 0) is 13.2 Å². The third-order valence-electron chi connectivity index (χ3n) is 4.00. The van der Waals surface area contributed by atoms with Crippen LogP contribution in [0.5, 0.6) is 0 Å². The van der Waals surface area contributed by atoms with Crippen molar-refractivity contribution in [3.05, 3.63) is 34.3 Å². The Morgan fingerprint density at radius 1 is 1.15 bits per heavy atom. The van der Waals surface area contributed by atoms with Crippen LogP contribution in [0.15, 0.2) is 27.4 Å². The first-order chi connectivity index (χ1) is 9.78. The molecule has 0 aliphatic carbocycles. The number of hydrogen-bond acceptors (Lipinski definition) is 4. The van der Waals surface area contributed by atoms with Gasteiger partial charge in [0.05, 0.1) is 12.1 Å². The number of piperidine rings is 1. The van der Waals surface area contributed by atoms with Gasteiger partial charge >= 0.3 is 5.76 Å². The Morgan fingerprint density at radius 2 is 1.95 bits per heavy atom. The number of fused-ring (bicyclic) bond motifs is 1. The summed E-state index contributed by atoms with van der Waals surface area (Å²) in [5.41, 5.74) is 2.12. The fourth-order valence-electron chi connectivity index (χ4n) is 2.85. The predicted molar refractivity (Wildman–Crippen MR) is 76.7 cm³/mol. The largest absolute Gasteiger partial charge is 0.419 e. The summed E-state index contributed by atoms with van der Waals surface area (Å²) < 4.78 is 6.94. The summed E-state index contributed by atoms with van der Waals surface area (Å²) in [5.74, 6) is -0.313. The van der Waals surface area contributed by atoms with Crippen molar-refractivity contribution in [2.75, 3.05) is 19.6 Å². The van der Waals surface area contributed by atoms with Crippen molar-refractivity contribution in [2.45, 2.75) is 32.4 Å². The van der Waals surface area contributed by atoms with E-state index in [9.17, 15) is 4.79 Å². The number of rotatable bonds is 4. The lowest BCUT2D eigenvalue weighted by atomic mass is 10.1. The van der Waals surface area contributed by atoms with Crippen molar-refractivity contribution in [1.29, 1.82) is 0 Å². The molecule has 20 heavy (non-hydrogen) atoms. The second kappa shape index (κ2) is 5.81. The van der Waals surface area contributed by atoms with Crippen molar-refractivity contribution < 1.29 is 9.52 Å². The Kier molecular flexibility index (Phi) is 3.89. The average molecular weight is 276 g/mol. The van der Waals surface area contributed by atoms with Gasteiger partial charge in [-0.05, 0) is 43.6 Å². The van der Waals surface area contributed by atoms with Crippen molar-refractivity contribution in [3.8, 4) is 0 Å². The minimum Gasteiger partial charge on any atom is -0.408 e. The molecule has 1 aliphatic heterocycles. The maximum atomic E-state index is 11.9. The highest BCUT2D eigenvalue weighted by atomic mass is 16.4. The summed E-state index contributed by atoms with van der Waals surface area (Å²) in [6.45, 7) is 3.75. The van der Waals surface area contributed by atoms with Gasteiger partial charge in [-0.1, -0.05) is 12.5 Å². The molecule has 2 aromatic rings. The monoisotopic (exact) mass is 276 g/mol. The van der Waals surface area contributed by atoms with E-state index >= 15 is 0 Å². The van der Waals surface area contributed by atoms with Gasteiger partial charge in [-0.15, -0.1) is 0 Å². The molecule has 0 bridgehead atoms. The molecule has 1 aliphatic rings. The Bertz CT molecular complexity index is 638. The van der Waals surface area contributed by atoms with Gasteiger partial charge in [0.1, 0.15) is 0 Å². The molecule has 2 heterocycles. The SMILES string of the molecule is O=c1oc2cc(CO)ccc2n1CCN1CCCCC1. The lowest BCUT2D eigenvalue weighted by Gasteiger charge is -2.26. The van der Waals surface area contributed by atoms with Crippen LogP contribution in [0.4, 0.5) is 0 Å². The molecule has 1 saturated heterocycles. The van der Waals surface area contributed by atoms with E-state index in [1.807, 2.05) is 12.1 Å². The maximum Gasteiger partial charge on any atom is 0.419 e. The summed E-state index contributed by atoms with van der Waals surface area (Å²) in [6, 6.07) is 5.41. The van der Waals surface area contributed by atoms with Crippen LogP contribution in [0.25, 0.3) is 11.1 Å². The van der Waals surface area contributed by atoms with Gasteiger partial charge in [0.15, 0.2) is 5.58 Å². The van der Waals surface area contributed by atoms with E-state index in [-0.39, 0.29) is 12.4 Å². The van der Waals surface area contributed by atoms with E-state index < -0.39 is 0 Å². The summed E-state index contributed by atoms with van der Waals surface area (Å²) in [7, 11) is 0. The summed E-state index contributed by atoms with van der Waals surface area (Å²) in [4.78, 5) is 14.3. The van der Waals surface area contributed by atoms with Crippen LogP contribution in [-0.4, -0.2) is 34.2 Å². The molecular formula is C15H20N2O3. The van der Waals surface area contributed by atoms with E-state index in [0.29, 0.717) is 12.1 Å². The van der Waals surface area contributed by atoms with E-state index in [2.05, 4.69) is 4.90 Å². The average Bonchev–Trinajstić information content (AvgIpc) is 2.80. The molecule has 108 valence electrons. The molecule has 5 nitrogen and oxygen atoms in total. The van der Waals surface area contributed by atoms with Crippen LogP contribution >= 0.6 is 0 Å². The van der Waals surface area contributed by atoms with Gasteiger partial charge in [0.25, 0.3) is 0 Å². The molecule has 0 unspecified atom stereocenters. The Morgan fingerprint density at radius 3 is 2.70 bits per heavy atom. The lowest BCUT2D eigenvalue weighted by Crippen LogP contribution is -2.33. The number of oxazole rings is 1. The normalized spacial score (nSPS) is 16.9. The van der Waals surface area contributed by atoms with E-state index in [1.165, 1.54) is 19.3 Å². The molecule has 3 rings (SSSR count). The van der Waals surface area contributed by atoms with E-state index in [0.717, 1.165) is 30.7 Å². The number of benzene rings is 1. The summed E-state index contributed by atoms with van der Waals surface area (Å²) >= 11 is 0. The second-order valence-corrected chi connectivity index (χ2v) is 5.38. The molecule has 1 aromatic carbocycles. The summed E-state index contributed by atoms with van der Waals surface area (Å²) in [5, 5.41) is 9.11. The number of aliphatic hydroxyl groups is 1.